The second-order valence-corrected chi connectivity index (χ2v) is 4.73. The summed E-state index contributed by atoms with van der Waals surface area (Å²) in [5, 5.41) is 11.9. The smallest absolute Gasteiger partial charge is 0.303 e. The van der Waals surface area contributed by atoms with E-state index in [4.69, 9.17) is 5.11 Å². The van der Waals surface area contributed by atoms with Crippen LogP contribution in [0.5, 0.6) is 0 Å². The van der Waals surface area contributed by atoms with Crippen molar-refractivity contribution in [1.82, 2.24) is 14.9 Å². The molecule has 2 N–H and O–H groups in total. The van der Waals surface area contributed by atoms with Crippen LogP contribution in [0.4, 0.5) is 0 Å². The van der Waals surface area contributed by atoms with E-state index in [2.05, 4.69) is 28.5 Å². The lowest BCUT2D eigenvalue weighted by Crippen LogP contribution is -2.16. The summed E-state index contributed by atoms with van der Waals surface area (Å²) in [6, 6.07) is 6.37. The van der Waals surface area contributed by atoms with Crippen molar-refractivity contribution in [3.63, 3.8) is 0 Å². The van der Waals surface area contributed by atoms with Gasteiger partial charge in [0.15, 0.2) is 0 Å². The van der Waals surface area contributed by atoms with Crippen LogP contribution in [0.3, 0.4) is 0 Å². The SMILES string of the molecule is CNC(CCCC(=O)O)c1ccc2c(c1)ncn2C. The molecule has 1 aromatic carbocycles. The molecular weight excluding hydrogens is 242 g/mol. The molecule has 1 atom stereocenters. The highest BCUT2D eigenvalue weighted by atomic mass is 16.4. The Bertz CT molecular complexity index is 577. The zero-order chi connectivity index (χ0) is 13.8. The summed E-state index contributed by atoms with van der Waals surface area (Å²) in [6.07, 6.45) is 3.49. The summed E-state index contributed by atoms with van der Waals surface area (Å²) < 4.78 is 1.98. The van der Waals surface area contributed by atoms with Crippen molar-refractivity contribution in [2.45, 2.75) is 25.3 Å². The molecule has 1 heterocycles. The van der Waals surface area contributed by atoms with Gasteiger partial charge in [0.1, 0.15) is 0 Å². The Hall–Kier alpha value is -1.88. The van der Waals surface area contributed by atoms with E-state index in [1.807, 2.05) is 18.7 Å². The van der Waals surface area contributed by atoms with Crippen LogP contribution in [0.1, 0.15) is 30.9 Å². The average Bonchev–Trinajstić information content (AvgIpc) is 2.76. The lowest BCUT2D eigenvalue weighted by atomic mass is 10.0. The monoisotopic (exact) mass is 261 g/mol. The van der Waals surface area contributed by atoms with Crippen molar-refractivity contribution in [3.05, 3.63) is 30.1 Å². The van der Waals surface area contributed by atoms with Crippen LogP contribution in [-0.2, 0) is 11.8 Å². The summed E-state index contributed by atoms with van der Waals surface area (Å²) in [5.41, 5.74) is 3.22. The summed E-state index contributed by atoms with van der Waals surface area (Å²) in [7, 11) is 3.87. The van der Waals surface area contributed by atoms with Gasteiger partial charge in [-0.05, 0) is 37.6 Å². The number of nitrogens with one attached hydrogen (secondary N) is 1. The predicted molar refractivity (Wildman–Crippen MR) is 74.0 cm³/mol. The Balaban J connectivity index is 2.13. The van der Waals surface area contributed by atoms with Gasteiger partial charge in [-0.2, -0.15) is 0 Å². The Labute approximate surface area is 112 Å². The zero-order valence-corrected chi connectivity index (χ0v) is 11.3. The van der Waals surface area contributed by atoms with E-state index in [0.29, 0.717) is 6.42 Å². The minimum Gasteiger partial charge on any atom is -0.481 e. The number of carboxylic acids is 1. The molecule has 0 spiro atoms. The molecule has 5 nitrogen and oxygen atoms in total. The molecule has 1 aromatic heterocycles. The minimum absolute atomic E-state index is 0.172. The van der Waals surface area contributed by atoms with Gasteiger partial charge in [-0.1, -0.05) is 6.07 Å². The molecule has 5 heteroatoms. The Morgan fingerprint density at radius 2 is 2.32 bits per heavy atom. The van der Waals surface area contributed by atoms with Gasteiger partial charge in [-0.25, -0.2) is 4.98 Å². The molecule has 0 amide bonds. The van der Waals surface area contributed by atoms with E-state index >= 15 is 0 Å². The number of rotatable bonds is 6. The highest BCUT2D eigenvalue weighted by molar-refractivity contribution is 5.76. The molecule has 1 unspecified atom stereocenters. The average molecular weight is 261 g/mol. The number of carbonyl (C=O) groups is 1. The van der Waals surface area contributed by atoms with Crippen LogP contribution in [0.2, 0.25) is 0 Å². The van der Waals surface area contributed by atoms with Gasteiger partial charge in [0.2, 0.25) is 0 Å². The number of aromatic nitrogens is 2. The molecule has 102 valence electrons. The molecular formula is C14H19N3O2. The van der Waals surface area contributed by atoms with Gasteiger partial charge in [-0.3, -0.25) is 4.79 Å². The lowest BCUT2D eigenvalue weighted by Gasteiger charge is -2.16. The van der Waals surface area contributed by atoms with Crippen LogP contribution < -0.4 is 5.32 Å². The highest BCUT2D eigenvalue weighted by Crippen LogP contribution is 2.22. The maximum atomic E-state index is 10.6. The van der Waals surface area contributed by atoms with E-state index in [0.717, 1.165) is 23.0 Å². The number of imidazole rings is 1. The van der Waals surface area contributed by atoms with Gasteiger partial charge in [-0.15, -0.1) is 0 Å². The molecule has 0 bridgehead atoms. The second kappa shape index (κ2) is 5.84. The normalized spacial score (nSPS) is 12.7. The maximum Gasteiger partial charge on any atom is 0.303 e. The highest BCUT2D eigenvalue weighted by Gasteiger charge is 2.11. The first-order chi connectivity index (χ1) is 9.11. The molecule has 0 aliphatic rings. The van der Waals surface area contributed by atoms with Crippen LogP contribution in [0.15, 0.2) is 24.5 Å². The van der Waals surface area contributed by atoms with Crippen molar-refractivity contribution in [2.24, 2.45) is 7.05 Å². The third kappa shape index (κ3) is 3.12. The number of hydrogen-bond donors (Lipinski definition) is 2. The molecule has 0 fully saturated rings. The van der Waals surface area contributed by atoms with Crippen LogP contribution >= 0.6 is 0 Å². The van der Waals surface area contributed by atoms with Crippen molar-refractivity contribution in [3.8, 4) is 0 Å². The number of fused-ring (bicyclic) bond motifs is 1. The van der Waals surface area contributed by atoms with E-state index in [-0.39, 0.29) is 12.5 Å². The van der Waals surface area contributed by atoms with Crippen LogP contribution in [0, 0.1) is 0 Å². The van der Waals surface area contributed by atoms with E-state index in [1.165, 1.54) is 0 Å². The van der Waals surface area contributed by atoms with E-state index in [1.54, 1.807) is 6.33 Å². The van der Waals surface area contributed by atoms with Crippen molar-refractivity contribution in [1.29, 1.82) is 0 Å². The van der Waals surface area contributed by atoms with Gasteiger partial charge in [0.05, 0.1) is 17.4 Å². The number of hydrogen-bond acceptors (Lipinski definition) is 3. The summed E-state index contributed by atoms with van der Waals surface area (Å²) in [5.74, 6) is -0.741. The summed E-state index contributed by atoms with van der Waals surface area (Å²) in [6.45, 7) is 0. The first-order valence-electron chi connectivity index (χ1n) is 6.42. The topological polar surface area (TPSA) is 67.2 Å². The summed E-state index contributed by atoms with van der Waals surface area (Å²) >= 11 is 0. The standard InChI is InChI=1S/C14H19N3O2/c1-15-11(4-3-5-14(18)19)10-6-7-13-12(8-10)16-9-17(13)2/h6-9,11,15H,3-5H2,1-2H3,(H,18,19). The first kappa shape index (κ1) is 13.5. The van der Waals surface area contributed by atoms with Crippen molar-refractivity contribution < 1.29 is 9.90 Å². The summed E-state index contributed by atoms with van der Waals surface area (Å²) in [4.78, 5) is 14.9. The number of benzene rings is 1. The van der Waals surface area contributed by atoms with Crippen LogP contribution in [-0.4, -0.2) is 27.7 Å². The number of nitrogens with zero attached hydrogens (tertiary/aromatic N) is 2. The maximum absolute atomic E-state index is 10.6. The van der Waals surface area contributed by atoms with Gasteiger partial charge >= 0.3 is 5.97 Å². The molecule has 0 saturated heterocycles. The Kier molecular flexibility index (Phi) is 4.16. The second-order valence-electron chi connectivity index (χ2n) is 4.73. The number of aryl methyl sites for hydroxylation is 1. The van der Waals surface area contributed by atoms with Crippen LogP contribution in [0.25, 0.3) is 11.0 Å². The molecule has 2 aromatic rings. The lowest BCUT2D eigenvalue weighted by molar-refractivity contribution is -0.137. The van der Waals surface area contributed by atoms with Gasteiger partial charge in [0.25, 0.3) is 0 Å². The Morgan fingerprint density at radius 3 is 3.00 bits per heavy atom. The van der Waals surface area contributed by atoms with Crippen molar-refractivity contribution in [2.75, 3.05) is 7.05 Å². The Morgan fingerprint density at radius 1 is 1.53 bits per heavy atom. The molecule has 0 aliphatic carbocycles. The fourth-order valence-electron chi connectivity index (χ4n) is 2.30. The fraction of sp³-hybridized carbons (Fsp3) is 0.429. The molecule has 2 rings (SSSR count). The van der Waals surface area contributed by atoms with Gasteiger partial charge < -0.3 is 15.0 Å². The zero-order valence-electron chi connectivity index (χ0n) is 11.3. The molecule has 0 aliphatic heterocycles. The number of aliphatic carboxylic acids is 1. The first-order valence-corrected chi connectivity index (χ1v) is 6.42. The van der Waals surface area contributed by atoms with Gasteiger partial charge in [0, 0.05) is 19.5 Å². The predicted octanol–water partition coefficient (Wildman–Crippen LogP) is 2.09. The molecule has 19 heavy (non-hydrogen) atoms. The third-order valence-corrected chi connectivity index (χ3v) is 3.38. The van der Waals surface area contributed by atoms with Crippen molar-refractivity contribution >= 4 is 17.0 Å². The quantitative estimate of drug-likeness (QED) is 0.835. The largest absolute Gasteiger partial charge is 0.481 e. The third-order valence-electron chi connectivity index (χ3n) is 3.38. The molecule has 0 radical (unpaired) electrons. The number of carboxylic acid groups (broad SMARTS) is 1. The molecule has 0 saturated carbocycles. The fourth-order valence-corrected chi connectivity index (χ4v) is 2.30. The van der Waals surface area contributed by atoms with E-state index in [9.17, 15) is 4.79 Å². The minimum atomic E-state index is -0.741. The van der Waals surface area contributed by atoms with E-state index < -0.39 is 5.97 Å².